The standard InChI is InChI=1S/C10H11N5O3/c11-8-5-9(13-2-12-8)15(3-14-5)10-6(16)7-4(18-10)1-17-7/h2-4,6-7,10,16H,1H2,(H2,11,12,13)/t4?,6-,7?,10-/m1/s1. The van der Waals surface area contributed by atoms with Gasteiger partial charge in [0.15, 0.2) is 17.7 Å². The zero-order chi connectivity index (χ0) is 12.3. The van der Waals surface area contributed by atoms with Crippen molar-refractivity contribution in [2.45, 2.75) is 24.5 Å². The van der Waals surface area contributed by atoms with Gasteiger partial charge in [-0.2, -0.15) is 0 Å². The summed E-state index contributed by atoms with van der Waals surface area (Å²) >= 11 is 0. The van der Waals surface area contributed by atoms with Crippen molar-refractivity contribution < 1.29 is 14.6 Å². The summed E-state index contributed by atoms with van der Waals surface area (Å²) in [7, 11) is 0. The van der Waals surface area contributed by atoms with Crippen LogP contribution < -0.4 is 5.73 Å². The summed E-state index contributed by atoms with van der Waals surface area (Å²) in [6.07, 6.45) is 1.34. The Balaban J connectivity index is 1.81. The minimum Gasteiger partial charge on any atom is -0.386 e. The van der Waals surface area contributed by atoms with E-state index in [0.29, 0.717) is 23.6 Å². The van der Waals surface area contributed by atoms with E-state index in [1.807, 2.05) is 0 Å². The monoisotopic (exact) mass is 249 g/mol. The van der Waals surface area contributed by atoms with E-state index in [-0.39, 0.29) is 12.2 Å². The molecule has 2 fully saturated rings. The van der Waals surface area contributed by atoms with Crippen molar-refractivity contribution in [1.29, 1.82) is 0 Å². The van der Waals surface area contributed by atoms with Gasteiger partial charge in [0.2, 0.25) is 0 Å². The third kappa shape index (κ3) is 1.17. The number of nitrogens with zero attached hydrogens (tertiary/aromatic N) is 4. The van der Waals surface area contributed by atoms with Crippen LogP contribution in [-0.4, -0.2) is 49.5 Å². The molecule has 8 nitrogen and oxygen atoms in total. The summed E-state index contributed by atoms with van der Waals surface area (Å²) in [4.78, 5) is 12.1. The Kier molecular flexibility index (Phi) is 1.91. The van der Waals surface area contributed by atoms with E-state index in [4.69, 9.17) is 15.2 Å². The van der Waals surface area contributed by atoms with Gasteiger partial charge in [-0.05, 0) is 0 Å². The number of aromatic nitrogens is 4. The molecule has 94 valence electrons. The van der Waals surface area contributed by atoms with Gasteiger partial charge >= 0.3 is 0 Å². The number of anilines is 1. The number of fused-ring (bicyclic) bond motifs is 2. The normalized spacial score (nSPS) is 34.5. The Hall–Kier alpha value is -1.77. The van der Waals surface area contributed by atoms with Crippen molar-refractivity contribution in [2.75, 3.05) is 12.3 Å². The van der Waals surface area contributed by atoms with Gasteiger partial charge in [0.05, 0.1) is 12.9 Å². The molecule has 0 spiro atoms. The third-order valence-electron chi connectivity index (χ3n) is 3.42. The zero-order valence-electron chi connectivity index (χ0n) is 9.30. The summed E-state index contributed by atoms with van der Waals surface area (Å²) in [5, 5.41) is 10.1. The molecule has 18 heavy (non-hydrogen) atoms. The van der Waals surface area contributed by atoms with Crippen molar-refractivity contribution in [2.24, 2.45) is 0 Å². The lowest BCUT2D eigenvalue weighted by molar-refractivity contribution is -0.156. The number of hydrogen-bond acceptors (Lipinski definition) is 7. The Labute approximate surface area is 101 Å². The number of ether oxygens (including phenoxy) is 2. The Morgan fingerprint density at radius 2 is 2.28 bits per heavy atom. The van der Waals surface area contributed by atoms with Crippen LogP contribution in [0.15, 0.2) is 12.7 Å². The van der Waals surface area contributed by atoms with Crippen LogP contribution in [0, 0.1) is 0 Å². The highest BCUT2D eigenvalue weighted by atomic mass is 16.6. The first-order valence-electron chi connectivity index (χ1n) is 5.64. The molecule has 3 N–H and O–H groups in total. The maximum atomic E-state index is 10.1. The lowest BCUT2D eigenvalue weighted by Crippen LogP contribution is -2.46. The Bertz CT molecular complexity index is 615. The van der Waals surface area contributed by atoms with Crippen LogP contribution in [0.5, 0.6) is 0 Å². The molecule has 8 heteroatoms. The van der Waals surface area contributed by atoms with Crippen LogP contribution in [0.1, 0.15) is 6.23 Å². The number of aliphatic hydroxyl groups excluding tert-OH is 1. The Morgan fingerprint density at radius 1 is 1.39 bits per heavy atom. The average molecular weight is 249 g/mol. The predicted molar refractivity (Wildman–Crippen MR) is 59.4 cm³/mol. The van der Waals surface area contributed by atoms with E-state index in [1.165, 1.54) is 6.33 Å². The number of aliphatic hydroxyl groups is 1. The molecular weight excluding hydrogens is 238 g/mol. The molecule has 0 aliphatic carbocycles. The molecule has 0 saturated carbocycles. The highest BCUT2D eigenvalue weighted by Crippen LogP contribution is 2.38. The number of hydrogen-bond donors (Lipinski definition) is 2. The van der Waals surface area contributed by atoms with Gasteiger partial charge in [0, 0.05) is 0 Å². The summed E-state index contributed by atoms with van der Waals surface area (Å²) in [6.45, 7) is 0.516. The van der Waals surface area contributed by atoms with Gasteiger partial charge in [-0.25, -0.2) is 15.0 Å². The van der Waals surface area contributed by atoms with E-state index in [1.54, 1.807) is 10.9 Å². The first kappa shape index (κ1) is 10.2. The number of nitrogens with two attached hydrogens (primary N) is 1. The van der Waals surface area contributed by atoms with E-state index in [0.717, 1.165) is 0 Å². The number of imidazole rings is 1. The van der Waals surface area contributed by atoms with Crippen molar-refractivity contribution >= 4 is 17.0 Å². The molecule has 2 saturated heterocycles. The van der Waals surface area contributed by atoms with Gasteiger partial charge in [-0.1, -0.05) is 0 Å². The minimum atomic E-state index is -0.725. The molecular formula is C10H11N5O3. The Morgan fingerprint density at radius 3 is 2.94 bits per heavy atom. The second-order valence-electron chi connectivity index (χ2n) is 4.44. The smallest absolute Gasteiger partial charge is 0.167 e. The van der Waals surface area contributed by atoms with Crippen molar-refractivity contribution in [3.8, 4) is 0 Å². The maximum absolute atomic E-state index is 10.1. The van der Waals surface area contributed by atoms with Gasteiger partial charge in [0.25, 0.3) is 0 Å². The zero-order valence-corrected chi connectivity index (χ0v) is 9.30. The fourth-order valence-electron chi connectivity index (χ4n) is 2.43. The average Bonchev–Trinajstić information content (AvgIpc) is 2.81. The second-order valence-corrected chi connectivity index (χ2v) is 4.44. The molecule has 2 aromatic heterocycles. The molecule has 4 atom stereocenters. The van der Waals surface area contributed by atoms with Crippen LogP contribution in [0.2, 0.25) is 0 Å². The van der Waals surface area contributed by atoms with Crippen LogP contribution in [0.4, 0.5) is 5.82 Å². The van der Waals surface area contributed by atoms with Gasteiger partial charge in [0.1, 0.15) is 30.2 Å². The lowest BCUT2D eigenvalue weighted by atomic mass is 10.1. The maximum Gasteiger partial charge on any atom is 0.167 e. The fourth-order valence-corrected chi connectivity index (χ4v) is 2.43. The lowest BCUT2D eigenvalue weighted by Gasteiger charge is -2.29. The van der Waals surface area contributed by atoms with Gasteiger partial charge < -0.3 is 20.3 Å². The summed E-state index contributed by atoms with van der Waals surface area (Å²) in [6, 6.07) is 0. The summed E-state index contributed by atoms with van der Waals surface area (Å²) in [5.41, 5.74) is 6.77. The van der Waals surface area contributed by atoms with E-state index in [9.17, 15) is 5.11 Å². The first-order chi connectivity index (χ1) is 8.75. The topological polar surface area (TPSA) is 108 Å². The molecule has 0 amide bonds. The largest absolute Gasteiger partial charge is 0.386 e. The van der Waals surface area contributed by atoms with E-state index >= 15 is 0 Å². The molecule has 2 aromatic rings. The van der Waals surface area contributed by atoms with Gasteiger partial charge in [-0.15, -0.1) is 0 Å². The number of nitrogen functional groups attached to an aromatic ring is 1. The third-order valence-corrected chi connectivity index (χ3v) is 3.42. The van der Waals surface area contributed by atoms with Crippen molar-refractivity contribution in [3.05, 3.63) is 12.7 Å². The highest BCUT2D eigenvalue weighted by molar-refractivity contribution is 5.81. The molecule has 0 bridgehead atoms. The van der Waals surface area contributed by atoms with Crippen LogP contribution in [0.25, 0.3) is 11.2 Å². The fraction of sp³-hybridized carbons (Fsp3) is 0.500. The van der Waals surface area contributed by atoms with Crippen LogP contribution in [-0.2, 0) is 9.47 Å². The highest BCUT2D eigenvalue weighted by Gasteiger charge is 2.51. The molecule has 0 radical (unpaired) electrons. The molecule has 2 aliphatic heterocycles. The minimum absolute atomic E-state index is 0.0540. The van der Waals surface area contributed by atoms with Gasteiger partial charge in [-0.3, -0.25) is 4.57 Å². The molecule has 2 aliphatic rings. The van der Waals surface area contributed by atoms with Crippen molar-refractivity contribution in [1.82, 2.24) is 19.5 Å². The summed E-state index contributed by atoms with van der Waals surface area (Å²) in [5.74, 6) is 0.311. The quantitative estimate of drug-likeness (QED) is 0.671. The predicted octanol–water partition coefficient (Wildman–Crippen LogP) is -0.934. The SMILES string of the molecule is Nc1ncnc2c1ncn2[C@@H]1OC2COC2[C@H]1O. The summed E-state index contributed by atoms with van der Waals surface area (Å²) < 4.78 is 12.6. The van der Waals surface area contributed by atoms with E-state index in [2.05, 4.69) is 15.0 Å². The molecule has 0 aromatic carbocycles. The second kappa shape index (κ2) is 3.37. The van der Waals surface area contributed by atoms with E-state index < -0.39 is 12.3 Å². The number of rotatable bonds is 1. The molecule has 4 rings (SSSR count). The van der Waals surface area contributed by atoms with Crippen LogP contribution >= 0.6 is 0 Å². The van der Waals surface area contributed by atoms with Crippen LogP contribution in [0.3, 0.4) is 0 Å². The molecule has 2 unspecified atom stereocenters. The van der Waals surface area contributed by atoms with Crippen molar-refractivity contribution in [3.63, 3.8) is 0 Å². The molecule has 4 heterocycles. The first-order valence-corrected chi connectivity index (χ1v) is 5.64.